The van der Waals surface area contributed by atoms with Crippen LogP contribution in [0.15, 0.2) is 29.4 Å². The number of benzene rings is 1. The zero-order valence-corrected chi connectivity index (χ0v) is 12.9. The first-order chi connectivity index (χ1) is 10.8. The van der Waals surface area contributed by atoms with Crippen LogP contribution in [0.5, 0.6) is 0 Å². The van der Waals surface area contributed by atoms with Crippen LogP contribution in [0, 0.1) is 0 Å². The Labute approximate surface area is 134 Å². The number of para-hydroxylation sites is 1. The molecule has 3 N–H and O–H groups in total. The van der Waals surface area contributed by atoms with Gasteiger partial charge in [-0.25, -0.2) is 0 Å². The van der Waals surface area contributed by atoms with E-state index in [4.69, 9.17) is 5.73 Å². The van der Waals surface area contributed by atoms with Gasteiger partial charge in [0.2, 0.25) is 11.9 Å². The van der Waals surface area contributed by atoms with E-state index in [1.54, 1.807) is 0 Å². The smallest absolute Gasteiger partial charge is 0.368 e. The van der Waals surface area contributed by atoms with Gasteiger partial charge in [0.1, 0.15) is 6.54 Å². The molecule has 6 nitrogen and oxygen atoms in total. The van der Waals surface area contributed by atoms with Crippen molar-refractivity contribution in [2.75, 3.05) is 16.8 Å². The second kappa shape index (κ2) is 6.90. The third-order valence-electron chi connectivity index (χ3n) is 2.83. The highest BCUT2D eigenvalue weighted by Crippen LogP contribution is 2.34. The first kappa shape index (κ1) is 17.1. The second-order valence-corrected chi connectivity index (χ2v) is 5.68. The number of amides is 1. The molecule has 10 heteroatoms. The van der Waals surface area contributed by atoms with Gasteiger partial charge in [-0.15, -0.1) is 10.2 Å². The van der Waals surface area contributed by atoms with Gasteiger partial charge >= 0.3 is 6.18 Å². The van der Waals surface area contributed by atoms with Gasteiger partial charge in [0, 0.05) is 0 Å². The summed E-state index contributed by atoms with van der Waals surface area (Å²) >= 11 is 1.33. The molecule has 23 heavy (non-hydrogen) atoms. The van der Waals surface area contributed by atoms with E-state index in [1.165, 1.54) is 34.5 Å². The predicted molar refractivity (Wildman–Crippen MR) is 80.9 cm³/mol. The molecule has 0 unspecified atom stereocenters. The number of hydrogen-bond donors (Lipinski definition) is 2. The number of hydrogen-bond acceptors (Lipinski definition) is 5. The van der Waals surface area contributed by atoms with Gasteiger partial charge in [-0.05, 0) is 17.9 Å². The van der Waals surface area contributed by atoms with Crippen LogP contribution in [0.2, 0.25) is 0 Å². The van der Waals surface area contributed by atoms with Crippen molar-refractivity contribution in [3.63, 3.8) is 0 Å². The SMILES string of the molecule is CCSc1nnc(N)n1CC(=O)Nc1ccccc1C(F)(F)F. The highest BCUT2D eigenvalue weighted by atomic mass is 32.2. The molecule has 124 valence electrons. The average Bonchev–Trinajstić information content (AvgIpc) is 2.80. The number of alkyl halides is 3. The third kappa shape index (κ3) is 4.15. The molecular weight excluding hydrogens is 331 g/mol. The molecule has 0 radical (unpaired) electrons. The van der Waals surface area contributed by atoms with Crippen LogP contribution in [0.25, 0.3) is 0 Å². The van der Waals surface area contributed by atoms with Crippen molar-refractivity contribution in [1.82, 2.24) is 14.8 Å². The molecule has 0 aliphatic carbocycles. The summed E-state index contributed by atoms with van der Waals surface area (Å²) in [5, 5.41) is 10.2. The van der Waals surface area contributed by atoms with Crippen molar-refractivity contribution < 1.29 is 18.0 Å². The molecule has 1 aromatic carbocycles. The molecule has 0 bridgehead atoms. The molecule has 0 fully saturated rings. The van der Waals surface area contributed by atoms with Gasteiger partial charge in [-0.3, -0.25) is 9.36 Å². The summed E-state index contributed by atoms with van der Waals surface area (Å²) in [5.74, 6) is 0.0720. The Morgan fingerprint density at radius 2 is 2.04 bits per heavy atom. The van der Waals surface area contributed by atoms with Crippen LogP contribution in [-0.4, -0.2) is 26.4 Å². The number of nitrogens with zero attached hydrogens (tertiary/aromatic N) is 3. The van der Waals surface area contributed by atoms with Crippen LogP contribution in [0.4, 0.5) is 24.8 Å². The van der Waals surface area contributed by atoms with E-state index in [0.717, 1.165) is 6.07 Å². The van der Waals surface area contributed by atoms with Crippen LogP contribution in [0.3, 0.4) is 0 Å². The zero-order chi connectivity index (χ0) is 17.0. The lowest BCUT2D eigenvalue weighted by Gasteiger charge is -2.14. The number of halogens is 3. The molecule has 0 saturated heterocycles. The van der Waals surface area contributed by atoms with E-state index in [2.05, 4.69) is 15.5 Å². The maximum Gasteiger partial charge on any atom is 0.418 e. The van der Waals surface area contributed by atoms with Crippen molar-refractivity contribution in [3.05, 3.63) is 29.8 Å². The summed E-state index contributed by atoms with van der Waals surface area (Å²) in [6.45, 7) is 1.62. The van der Waals surface area contributed by atoms with Gasteiger partial charge < -0.3 is 11.1 Å². The summed E-state index contributed by atoms with van der Waals surface area (Å²) in [5.41, 5.74) is 4.42. The number of carbonyl (C=O) groups excluding carboxylic acids is 1. The number of anilines is 2. The van der Waals surface area contributed by atoms with Crippen molar-refractivity contribution >= 4 is 29.3 Å². The normalized spacial score (nSPS) is 11.5. The van der Waals surface area contributed by atoms with Crippen molar-refractivity contribution in [2.45, 2.75) is 24.8 Å². The number of aromatic nitrogens is 3. The number of rotatable bonds is 5. The fourth-order valence-corrected chi connectivity index (χ4v) is 2.53. The van der Waals surface area contributed by atoms with E-state index in [9.17, 15) is 18.0 Å². The summed E-state index contributed by atoms with van der Waals surface area (Å²) in [7, 11) is 0. The standard InChI is InChI=1S/C13H14F3N5OS/c1-2-23-12-20-19-11(17)21(12)7-10(22)18-9-6-4-3-5-8(9)13(14,15)16/h3-6H,2,7H2,1H3,(H2,17,19)(H,18,22). The van der Waals surface area contributed by atoms with Gasteiger partial charge in [0.25, 0.3) is 0 Å². The summed E-state index contributed by atoms with van der Waals surface area (Å²) in [6.07, 6.45) is -4.55. The maximum absolute atomic E-state index is 12.9. The Balaban J connectivity index is 2.17. The minimum absolute atomic E-state index is 0.0280. The van der Waals surface area contributed by atoms with Crippen molar-refractivity contribution in [3.8, 4) is 0 Å². The average molecular weight is 345 g/mol. The lowest BCUT2D eigenvalue weighted by molar-refractivity contribution is -0.137. The number of nitrogen functional groups attached to an aromatic ring is 1. The predicted octanol–water partition coefficient (Wildman–Crippen LogP) is 2.63. The lowest BCUT2D eigenvalue weighted by Crippen LogP contribution is -2.22. The van der Waals surface area contributed by atoms with Crippen LogP contribution >= 0.6 is 11.8 Å². The van der Waals surface area contributed by atoms with E-state index in [-0.39, 0.29) is 18.2 Å². The van der Waals surface area contributed by atoms with Crippen LogP contribution < -0.4 is 11.1 Å². The Hall–Kier alpha value is -2.23. The Morgan fingerprint density at radius 1 is 1.35 bits per heavy atom. The van der Waals surface area contributed by atoms with E-state index < -0.39 is 17.6 Å². The fraction of sp³-hybridized carbons (Fsp3) is 0.308. The largest absolute Gasteiger partial charge is 0.418 e. The second-order valence-electron chi connectivity index (χ2n) is 4.45. The van der Waals surface area contributed by atoms with E-state index in [0.29, 0.717) is 10.9 Å². The molecule has 0 aliphatic rings. The third-order valence-corrected chi connectivity index (χ3v) is 3.68. The zero-order valence-electron chi connectivity index (χ0n) is 12.1. The van der Waals surface area contributed by atoms with Gasteiger partial charge in [-0.2, -0.15) is 13.2 Å². The molecule has 0 spiro atoms. The quantitative estimate of drug-likeness (QED) is 0.814. The van der Waals surface area contributed by atoms with E-state index in [1.807, 2.05) is 6.92 Å². The molecule has 1 aromatic heterocycles. The first-order valence-corrected chi connectivity index (χ1v) is 7.59. The Morgan fingerprint density at radius 3 is 2.70 bits per heavy atom. The van der Waals surface area contributed by atoms with Crippen LogP contribution in [-0.2, 0) is 17.5 Å². The number of thioether (sulfide) groups is 1. The maximum atomic E-state index is 12.9. The summed E-state index contributed by atoms with van der Waals surface area (Å²) in [6, 6.07) is 4.77. The first-order valence-electron chi connectivity index (χ1n) is 6.60. The number of nitrogens with one attached hydrogen (secondary N) is 1. The topological polar surface area (TPSA) is 85.8 Å². The van der Waals surface area contributed by atoms with Gasteiger partial charge in [0.15, 0.2) is 5.16 Å². The highest BCUT2D eigenvalue weighted by Gasteiger charge is 2.33. The lowest BCUT2D eigenvalue weighted by atomic mass is 10.1. The molecule has 1 amide bonds. The minimum Gasteiger partial charge on any atom is -0.368 e. The summed E-state index contributed by atoms with van der Waals surface area (Å²) < 4.78 is 40.1. The molecule has 0 atom stereocenters. The summed E-state index contributed by atoms with van der Waals surface area (Å²) in [4.78, 5) is 12.0. The van der Waals surface area contributed by atoms with Crippen molar-refractivity contribution in [2.24, 2.45) is 0 Å². The molecule has 1 heterocycles. The van der Waals surface area contributed by atoms with Gasteiger partial charge in [-0.1, -0.05) is 30.8 Å². The monoisotopic (exact) mass is 345 g/mol. The van der Waals surface area contributed by atoms with Gasteiger partial charge in [0.05, 0.1) is 11.3 Å². The van der Waals surface area contributed by atoms with Crippen molar-refractivity contribution in [1.29, 1.82) is 0 Å². The minimum atomic E-state index is -4.55. The molecule has 2 rings (SSSR count). The molecular formula is C13H14F3N5OS. The molecule has 0 saturated carbocycles. The van der Waals surface area contributed by atoms with E-state index >= 15 is 0 Å². The Kier molecular flexibility index (Phi) is 5.14. The fourth-order valence-electron chi connectivity index (χ4n) is 1.86. The highest BCUT2D eigenvalue weighted by molar-refractivity contribution is 7.99. The molecule has 0 aliphatic heterocycles. The number of nitrogens with two attached hydrogens (primary N) is 1. The number of carbonyl (C=O) groups is 1. The van der Waals surface area contributed by atoms with Crippen LogP contribution in [0.1, 0.15) is 12.5 Å². The Bertz CT molecular complexity index is 701. The molecule has 2 aromatic rings.